The molecule has 0 spiro atoms. The van der Waals surface area contributed by atoms with Gasteiger partial charge >= 0.3 is 0 Å². The number of aromatic nitrogens is 2. The summed E-state index contributed by atoms with van der Waals surface area (Å²) >= 11 is 1.22. The summed E-state index contributed by atoms with van der Waals surface area (Å²) in [6.45, 7) is 9.86. The van der Waals surface area contributed by atoms with Crippen molar-refractivity contribution in [1.82, 2.24) is 9.78 Å². The lowest BCUT2D eigenvalue weighted by atomic mass is 9.45. The average molecular weight is 579 g/mol. The average Bonchev–Trinajstić information content (AvgIpc) is 3.49. The van der Waals surface area contributed by atoms with Crippen molar-refractivity contribution < 1.29 is 15.0 Å². The zero-order valence-electron chi connectivity index (χ0n) is 24.9. The summed E-state index contributed by atoms with van der Waals surface area (Å²) in [7, 11) is 0. The van der Waals surface area contributed by atoms with Crippen LogP contribution in [-0.2, 0) is 11.2 Å². The number of ketones is 1. The van der Waals surface area contributed by atoms with Crippen molar-refractivity contribution in [3.05, 3.63) is 35.3 Å². The van der Waals surface area contributed by atoms with E-state index in [-0.39, 0.29) is 34.7 Å². The fourth-order valence-corrected chi connectivity index (χ4v) is 10.5. The molecule has 0 radical (unpaired) electrons. The molecule has 4 fully saturated rings. The number of aliphatic imine (C=N–C) groups is 2. The molecule has 1 aromatic rings. The number of fused-ring (bicyclic) bond motifs is 6. The van der Waals surface area contributed by atoms with E-state index in [0.29, 0.717) is 24.1 Å². The lowest BCUT2D eigenvalue weighted by Crippen LogP contribution is -2.62. The van der Waals surface area contributed by atoms with Crippen LogP contribution in [0.1, 0.15) is 102 Å². The Hall–Kier alpha value is -2.03. The van der Waals surface area contributed by atoms with Gasteiger partial charge in [-0.15, -0.1) is 0 Å². The molecular weight excluding hydrogens is 532 g/mol. The number of amidine groups is 1. The van der Waals surface area contributed by atoms with E-state index in [2.05, 4.69) is 47.5 Å². The highest BCUT2D eigenvalue weighted by Crippen LogP contribution is 2.67. The van der Waals surface area contributed by atoms with Gasteiger partial charge in [-0.05, 0) is 99.8 Å². The van der Waals surface area contributed by atoms with Crippen molar-refractivity contribution in [3.8, 4) is 0 Å². The Bertz CT molecular complexity index is 1300. The molecule has 4 saturated carbocycles. The highest BCUT2D eigenvalue weighted by molar-refractivity contribution is 8.14. The highest BCUT2D eigenvalue weighted by Gasteiger charge is 2.68. The zero-order chi connectivity index (χ0) is 29.0. The number of aliphatic hydroxyl groups excluding tert-OH is 1. The number of rotatable bonds is 5. The van der Waals surface area contributed by atoms with Crippen LogP contribution in [0.15, 0.2) is 34.0 Å². The van der Waals surface area contributed by atoms with Crippen LogP contribution in [0.3, 0.4) is 0 Å². The summed E-state index contributed by atoms with van der Waals surface area (Å²) in [5, 5.41) is 29.3. The Morgan fingerprint density at radius 2 is 2.02 bits per heavy atom. The van der Waals surface area contributed by atoms with Gasteiger partial charge in [0.1, 0.15) is 5.60 Å². The molecule has 0 aliphatic heterocycles. The number of thioether (sulfide) groups is 1. The number of allylic oxidation sites excluding steroid dienone is 2. The quantitative estimate of drug-likeness (QED) is 0.322. The molecule has 0 bridgehead atoms. The molecule has 0 aromatic carbocycles. The third-order valence-electron chi connectivity index (χ3n) is 11.8. The largest absolute Gasteiger partial charge is 0.393 e. The first kappa shape index (κ1) is 29.1. The zero-order valence-corrected chi connectivity index (χ0v) is 25.7. The maximum atomic E-state index is 13.6. The van der Waals surface area contributed by atoms with Crippen LogP contribution < -0.4 is 0 Å². The van der Waals surface area contributed by atoms with Crippen LogP contribution in [0.2, 0.25) is 0 Å². The van der Waals surface area contributed by atoms with Crippen LogP contribution in [0.4, 0.5) is 0 Å². The minimum Gasteiger partial charge on any atom is -0.393 e. The molecule has 1 heterocycles. The molecule has 222 valence electrons. The first-order valence-corrected chi connectivity index (χ1v) is 16.6. The van der Waals surface area contributed by atoms with Gasteiger partial charge < -0.3 is 10.2 Å². The van der Waals surface area contributed by atoms with E-state index in [9.17, 15) is 15.0 Å². The number of hydrogen-bond donors (Lipinski definition) is 2. The van der Waals surface area contributed by atoms with Gasteiger partial charge in [-0.3, -0.25) is 9.48 Å². The monoisotopic (exact) mass is 578 g/mol. The number of carbonyl (C=O) groups excluding carboxylic acids is 1. The van der Waals surface area contributed by atoms with Crippen LogP contribution in [-0.4, -0.2) is 55.1 Å². The minimum absolute atomic E-state index is 0.0940. The van der Waals surface area contributed by atoms with E-state index in [0.717, 1.165) is 25.7 Å². The summed E-state index contributed by atoms with van der Waals surface area (Å²) in [6.07, 6.45) is 18.3. The smallest absolute Gasteiger partial charge is 0.187 e. The normalized spacial score (nSPS) is 39.0. The third kappa shape index (κ3) is 4.54. The number of aliphatic hydroxyl groups is 2. The minimum atomic E-state index is -1.46. The number of nitrogens with zero attached hydrogens (tertiary/aromatic N) is 4. The molecule has 41 heavy (non-hydrogen) atoms. The van der Waals surface area contributed by atoms with Gasteiger partial charge in [-0.1, -0.05) is 56.5 Å². The van der Waals surface area contributed by atoms with Crippen molar-refractivity contribution in [2.45, 2.75) is 109 Å². The van der Waals surface area contributed by atoms with Crippen molar-refractivity contribution in [3.63, 3.8) is 0 Å². The Labute approximate surface area is 248 Å². The maximum Gasteiger partial charge on any atom is 0.187 e. The fraction of sp³-hybridized carbons (Fsp3) is 0.697. The standard InChI is InChI=1S/C33H46N4O3S/c1-5-15-35-30(34-4)41-20-28(39)33(40)14-13-25-24-12-11-22-16-26-21(19-36-37(26)23-9-7-6-8-10-23)17-31(22,2)29(24)27(38)18-32(25,33)3/h5,15-16,19,23-25,27,29,38,40H,4,6-14,17-18,20H2,1-3H3. The number of hydrogen-bond acceptors (Lipinski definition) is 6. The Morgan fingerprint density at radius 3 is 2.76 bits per heavy atom. The van der Waals surface area contributed by atoms with Gasteiger partial charge in [0.15, 0.2) is 11.0 Å². The van der Waals surface area contributed by atoms with E-state index in [1.54, 1.807) is 12.3 Å². The molecule has 5 aliphatic carbocycles. The summed E-state index contributed by atoms with van der Waals surface area (Å²) in [6, 6.07) is 0.505. The molecule has 6 rings (SSSR count). The van der Waals surface area contributed by atoms with E-state index in [1.165, 1.54) is 60.7 Å². The SMILES string of the molecule is C=NC(=NC=CC)SCC(=O)C1(O)CCC2C3CCC4=Cc5c(cnn5C5CCCCC5)CC4(C)C3C(O)CC21C. The molecule has 2 N–H and O–H groups in total. The van der Waals surface area contributed by atoms with E-state index >= 15 is 0 Å². The first-order valence-electron chi connectivity index (χ1n) is 15.7. The topological polar surface area (TPSA) is 100 Å². The van der Waals surface area contributed by atoms with Gasteiger partial charge in [0.2, 0.25) is 0 Å². The molecule has 1 aromatic heterocycles. The molecule has 8 heteroatoms. The van der Waals surface area contributed by atoms with Crippen LogP contribution in [0.25, 0.3) is 6.08 Å². The Kier molecular flexibility index (Phi) is 7.73. The first-order chi connectivity index (χ1) is 19.7. The van der Waals surface area contributed by atoms with Crippen molar-refractivity contribution in [2.24, 2.45) is 38.6 Å². The second kappa shape index (κ2) is 10.9. The van der Waals surface area contributed by atoms with Crippen molar-refractivity contribution in [1.29, 1.82) is 0 Å². The third-order valence-corrected chi connectivity index (χ3v) is 12.7. The molecule has 7 atom stereocenters. The second-order valence-corrected chi connectivity index (χ2v) is 14.7. The molecule has 7 nitrogen and oxygen atoms in total. The number of carbonyl (C=O) groups is 1. The van der Waals surface area contributed by atoms with Crippen LogP contribution >= 0.6 is 11.8 Å². The van der Waals surface area contributed by atoms with Gasteiger partial charge in [0, 0.05) is 11.6 Å². The van der Waals surface area contributed by atoms with Crippen molar-refractivity contribution >= 4 is 35.5 Å². The van der Waals surface area contributed by atoms with E-state index < -0.39 is 17.1 Å². The molecule has 7 unspecified atom stereocenters. The van der Waals surface area contributed by atoms with Gasteiger partial charge in [-0.25, -0.2) is 9.98 Å². The lowest BCUT2D eigenvalue weighted by molar-refractivity contribution is -0.177. The predicted molar refractivity (Wildman–Crippen MR) is 166 cm³/mol. The molecule has 0 amide bonds. The van der Waals surface area contributed by atoms with Crippen molar-refractivity contribution in [2.75, 3.05) is 5.75 Å². The molecule has 0 saturated heterocycles. The van der Waals surface area contributed by atoms with Crippen LogP contribution in [0.5, 0.6) is 0 Å². The van der Waals surface area contributed by atoms with Crippen LogP contribution in [0, 0.1) is 28.6 Å². The van der Waals surface area contributed by atoms with E-state index in [4.69, 9.17) is 5.10 Å². The summed E-state index contributed by atoms with van der Waals surface area (Å²) < 4.78 is 2.30. The fourth-order valence-electron chi connectivity index (χ4n) is 9.80. The number of Topliss-reactive ketones (excluding diaryl/α,β-unsaturated/α-hetero) is 1. The highest BCUT2D eigenvalue weighted by atomic mass is 32.2. The molecule has 5 aliphatic rings. The van der Waals surface area contributed by atoms with E-state index in [1.807, 2.05) is 6.92 Å². The Morgan fingerprint density at radius 1 is 1.24 bits per heavy atom. The summed E-state index contributed by atoms with van der Waals surface area (Å²) in [5.41, 5.74) is 1.81. The summed E-state index contributed by atoms with van der Waals surface area (Å²) in [4.78, 5) is 21.8. The maximum absolute atomic E-state index is 13.6. The lowest BCUT2D eigenvalue weighted by Gasteiger charge is -2.60. The van der Waals surface area contributed by atoms with Gasteiger partial charge in [-0.2, -0.15) is 5.10 Å². The van der Waals surface area contributed by atoms with Gasteiger partial charge in [0.25, 0.3) is 0 Å². The molecular formula is C33H46N4O3S. The summed E-state index contributed by atoms with van der Waals surface area (Å²) in [5.74, 6) is 0.500. The van der Waals surface area contributed by atoms with Gasteiger partial charge in [0.05, 0.1) is 29.8 Å². The second-order valence-electron chi connectivity index (χ2n) is 13.7. The predicted octanol–water partition coefficient (Wildman–Crippen LogP) is 6.16. The Balaban J connectivity index is 1.24.